The van der Waals surface area contributed by atoms with Crippen LogP contribution >= 0.6 is 11.3 Å². The zero-order valence-corrected chi connectivity index (χ0v) is 13.3. The summed E-state index contributed by atoms with van der Waals surface area (Å²) in [6.45, 7) is 9.36. The minimum atomic E-state index is 0.304. The first-order chi connectivity index (χ1) is 9.63. The Balaban J connectivity index is 1.64. The predicted octanol–water partition coefficient (Wildman–Crippen LogP) is 2.72. The number of aryl methyl sites for hydroxylation is 2. The highest BCUT2D eigenvalue weighted by molar-refractivity contribution is 7.12. The fourth-order valence-corrected chi connectivity index (χ4v) is 4.56. The van der Waals surface area contributed by atoms with Crippen molar-refractivity contribution in [3.8, 4) is 0 Å². The number of fused-ring (bicyclic) bond motifs is 1. The lowest BCUT2D eigenvalue weighted by molar-refractivity contribution is 0.0924. The smallest absolute Gasteiger partial charge is 0.177 e. The van der Waals surface area contributed by atoms with E-state index in [-0.39, 0.29) is 0 Å². The summed E-state index contributed by atoms with van der Waals surface area (Å²) in [6, 6.07) is 2.75. The Bertz CT molecular complexity index is 497. The van der Waals surface area contributed by atoms with Crippen molar-refractivity contribution < 1.29 is 4.79 Å². The third kappa shape index (κ3) is 2.97. The van der Waals surface area contributed by atoms with Gasteiger partial charge in [-0.2, -0.15) is 0 Å². The third-order valence-electron chi connectivity index (χ3n) is 4.60. The van der Waals surface area contributed by atoms with Crippen LogP contribution in [0.25, 0.3) is 0 Å². The topological polar surface area (TPSA) is 23.6 Å². The quantitative estimate of drug-likeness (QED) is 0.800. The van der Waals surface area contributed by atoms with Crippen molar-refractivity contribution in [2.24, 2.45) is 0 Å². The fourth-order valence-electron chi connectivity index (χ4n) is 3.62. The van der Waals surface area contributed by atoms with Gasteiger partial charge in [-0.05, 0) is 58.8 Å². The van der Waals surface area contributed by atoms with Crippen LogP contribution in [0.1, 0.15) is 39.4 Å². The summed E-state index contributed by atoms with van der Waals surface area (Å²) in [5, 5.41) is 0. The Morgan fingerprint density at radius 1 is 1.30 bits per heavy atom. The molecule has 2 aliphatic rings. The Kier molecular flexibility index (Phi) is 4.24. The van der Waals surface area contributed by atoms with Crippen LogP contribution in [-0.2, 0) is 0 Å². The van der Waals surface area contributed by atoms with Gasteiger partial charge in [0.15, 0.2) is 5.78 Å². The Morgan fingerprint density at radius 3 is 2.85 bits per heavy atom. The van der Waals surface area contributed by atoms with E-state index >= 15 is 0 Å². The summed E-state index contributed by atoms with van der Waals surface area (Å²) in [5.41, 5.74) is 0.944. The number of carbonyl (C=O) groups is 1. The molecule has 0 aromatic carbocycles. The average Bonchev–Trinajstić information content (AvgIpc) is 2.91. The van der Waals surface area contributed by atoms with E-state index in [1.165, 1.54) is 42.1 Å². The molecule has 4 heteroatoms. The van der Waals surface area contributed by atoms with E-state index in [4.69, 9.17) is 0 Å². The highest BCUT2D eigenvalue weighted by Crippen LogP contribution is 2.23. The van der Waals surface area contributed by atoms with Gasteiger partial charge in [0.1, 0.15) is 0 Å². The van der Waals surface area contributed by atoms with Crippen LogP contribution < -0.4 is 0 Å². The van der Waals surface area contributed by atoms with Gasteiger partial charge < -0.3 is 0 Å². The van der Waals surface area contributed by atoms with Crippen LogP contribution in [-0.4, -0.2) is 54.3 Å². The Hall–Kier alpha value is -0.710. The SMILES string of the molecule is Cc1cc(C(=O)CN2CCCN3CCCC3C2)c(C)s1. The maximum Gasteiger partial charge on any atom is 0.177 e. The normalized spacial score (nSPS) is 24.6. The van der Waals surface area contributed by atoms with Crippen molar-refractivity contribution in [1.29, 1.82) is 0 Å². The molecule has 1 aromatic heterocycles. The van der Waals surface area contributed by atoms with Gasteiger partial charge in [-0.1, -0.05) is 0 Å². The second-order valence-electron chi connectivity index (χ2n) is 6.17. The highest BCUT2D eigenvalue weighted by atomic mass is 32.1. The summed E-state index contributed by atoms with van der Waals surface area (Å²) in [6.07, 6.45) is 3.84. The lowest BCUT2D eigenvalue weighted by atomic mass is 10.1. The van der Waals surface area contributed by atoms with E-state index in [9.17, 15) is 4.79 Å². The number of hydrogen-bond acceptors (Lipinski definition) is 4. The second-order valence-corrected chi connectivity index (χ2v) is 7.63. The van der Waals surface area contributed by atoms with Crippen LogP contribution in [0.2, 0.25) is 0 Å². The summed E-state index contributed by atoms with van der Waals surface area (Å²) < 4.78 is 0. The molecular formula is C16H24N2OS. The minimum absolute atomic E-state index is 0.304. The van der Waals surface area contributed by atoms with Gasteiger partial charge in [0.2, 0.25) is 0 Å². The molecule has 0 amide bonds. The predicted molar refractivity (Wildman–Crippen MR) is 83.8 cm³/mol. The average molecular weight is 292 g/mol. The maximum atomic E-state index is 12.5. The van der Waals surface area contributed by atoms with Gasteiger partial charge in [-0.25, -0.2) is 0 Å². The van der Waals surface area contributed by atoms with Crippen LogP contribution in [0.15, 0.2) is 6.07 Å². The zero-order chi connectivity index (χ0) is 14.1. The number of Topliss-reactive ketones (excluding diaryl/α,β-unsaturated/α-hetero) is 1. The molecule has 3 heterocycles. The number of thiophene rings is 1. The molecule has 1 atom stereocenters. The molecule has 2 fully saturated rings. The summed E-state index contributed by atoms with van der Waals surface area (Å²) in [4.78, 5) is 19.9. The summed E-state index contributed by atoms with van der Waals surface area (Å²) in [7, 11) is 0. The van der Waals surface area contributed by atoms with E-state index in [0.717, 1.165) is 18.7 Å². The molecule has 0 bridgehead atoms. The van der Waals surface area contributed by atoms with Crippen molar-refractivity contribution in [3.05, 3.63) is 21.4 Å². The molecule has 1 unspecified atom stereocenters. The van der Waals surface area contributed by atoms with Crippen molar-refractivity contribution in [1.82, 2.24) is 9.80 Å². The molecule has 0 radical (unpaired) electrons. The first kappa shape index (κ1) is 14.2. The molecule has 0 spiro atoms. The molecule has 3 rings (SSSR count). The van der Waals surface area contributed by atoms with Gasteiger partial charge in [-0.3, -0.25) is 14.6 Å². The standard InChI is InChI=1S/C16H24N2OS/c1-12-9-15(13(2)20-12)16(19)11-17-6-4-8-18-7-3-5-14(18)10-17/h9,14H,3-8,10-11H2,1-2H3. The van der Waals surface area contributed by atoms with Crippen molar-refractivity contribution >= 4 is 17.1 Å². The van der Waals surface area contributed by atoms with E-state index in [1.807, 2.05) is 0 Å². The van der Waals surface area contributed by atoms with Gasteiger partial charge in [0.25, 0.3) is 0 Å². The molecule has 2 aliphatic heterocycles. The molecule has 1 aromatic rings. The number of carbonyl (C=O) groups excluding carboxylic acids is 1. The third-order valence-corrected chi connectivity index (χ3v) is 5.56. The second kappa shape index (κ2) is 5.96. The zero-order valence-electron chi connectivity index (χ0n) is 12.5. The highest BCUT2D eigenvalue weighted by Gasteiger charge is 2.29. The van der Waals surface area contributed by atoms with E-state index < -0.39 is 0 Å². The monoisotopic (exact) mass is 292 g/mol. The van der Waals surface area contributed by atoms with E-state index in [0.29, 0.717) is 18.4 Å². The minimum Gasteiger partial charge on any atom is -0.299 e. The molecule has 0 saturated carbocycles. The molecule has 20 heavy (non-hydrogen) atoms. The van der Waals surface area contributed by atoms with Gasteiger partial charge in [0, 0.05) is 27.9 Å². The van der Waals surface area contributed by atoms with Crippen LogP contribution in [0, 0.1) is 13.8 Å². The first-order valence-corrected chi connectivity index (χ1v) is 8.52. The lowest BCUT2D eigenvalue weighted by Gasteiger charge is -2.25. The lowest BCUT2D eigenvalue weighted by Crippen LogP contribution is -2.38. The Morgan fingerprint density at radius 2 is 2.10 bits per heavy atom. The molecular weight excluding hydrogens is 268 g/mol. The summed E-state index contributed by atoms with van der Waals surface area (Å²) in [5.74, 6) is 0.304. The molecule has 0 N–H and O–H groups in total. The van der Waals surface area contributed by atoms with Crippen molar-refractivity contribution in [2.45, 2.75) is 39.2 Å². The number of rotatable bonds is 3. The molecule has 110 valence electrons. The summed E-state index contributed by atoms with van der Waals surface area (Å²) >= 11 is 1.73. The number of nitrogens with zero attached hydrogens (tertiary/aromatic N) is 2. The van der Waals surface area contributed by atoms with Crippen molar-refractivity contribution in [2.75, 3.05) is 32.7 Å². The van der Waals surface area contributed by atoms with E-state index in [2.05, 4.69) is 29.7 Å². The molecule has 0 aliphatic carbocycles. The number of hydrogen-bond donors (Lipinski definition) is 0. The Labute approximate surface area is 125 Å². The van der Waals surface area contributed by atoms with Crippen LogP contribution in [0.4, 0.5) is 0 Å². The first-order valence-electron chi connectivity index (χ1n) is 7.70. The van der Waals surface area contributed by atoms with Crippen molar-refractivity contribution in [3.63, 3.8) is 0 Å². The van der Waals surface area contributed by atoms with Crippen LogP contribution in [0.3, 0.4) is 0 Å². The number of ketones is 1. The van der Waals surface area contributed by atoms with Gasteiger partial charge in [0.05, 0.1) is 6.54 Å². The van der Waals surface area contributed by atoms with Crippen LogP contribution in [0.5, 0.6) is 0 Å². The van der Waals surface area contributed by atoms with E-state index in [1.54, 1.807) is 11.3 Å². The molecule has 3 nitrogen and oxygen atoms in total. The molecule has 2 saturated heterocycles. The fraction of sp³-hybridized carbons (Fsp3) is 0.688. The van der Waals surface area contributed by atoms with Gasteiger partial charge >= 0.3 is 0 Å². The maximum absolute atomic E-state index is 12.5. The largest absolute Gasteiger partial charge is 0.299 e. The van der Waals surface area contributed by atoms with Gasteiger partial charge in [-0.15, -0.1) is 11.3 Å².